The van der Waals surface area contributed by atoms with Crippen molar-refractivity contribution in [3.05, 3.63) is 29.8 Å². The molecule has 0 bridgehead atoms. The van der Waals surface area contributed by atoms with Crippen molar-refractivity contribution in [2.24, 2.45) is 0 Å². The molecule has 2 amide bonds. The predicted octanol–water partition coefficient (Wildman–Crippen LogP) is 2.30. The normalized spacial score (nSPS) is 14.9. The lowest BCUT2D eigenvalue weighted by atomic mass is 10.2. The third kappa shape index (κ3) is 4.72. The van der Waals surface area contributed by atoms with Gasteiger partial charge in [0.15, 0.2) is 0 Å². The molecule has 0 aliphatic carbocycles. The summed E-state index contributed by atoms with van der Waals surface area (Å²) >= 11 is 1.80. The zero-order chi connectivity index (χ0) is 14.4. The van der Waals surface area contributed by atoms with E-state index < -0.39 is 0 Å². The van der Waals surface area contributed by atoms with Crippen molar-refractivity contribution in [2.75, 3.05) is 25.4 Å². The van der Waals surface area contributed by atoms with Crippen LogP contribution in [0.4, 0.5) is 4.79 Å². The Hall–Kier alpha value is -1.20. The van der Waals surface area contributed by atoms with E-state index in [4.69, 9.17) is 0 Å². The summed E-state index contributed by atoms with van der Waals surface area (Å²) in [5.41, 5.74) is 1.31. The fraction of sp³-hybridized carbons (Fsp3) is 0.533. The summed E-state index contributed by atoms with van der Waals surface area (Å²) in [5, 5.41) is 6.23. The van der Waals surface area contributed by atoms with Crippen molar-refractivity contribution in [3.8, 4) is 0 Å². The maximum atomic E-state index is 11.4. The number of amides is 2. The van der Waals surface area contributed by atoms with Gasteiger partial charge in [0.05, 0.1) is 0 Å². The van der Waals surface area contributed by atoms with Crippen molar-refractivity contribution >= 4 is 17.8 Å². The first-order valence-corrected chi connectivity index (χ1v) is 8.11. The number of thioether (sulfide) groups is 1. The molecule has 1 fully saturated rings. The van der Waals surface area contributed by atoms with Gasteiger partial charge in [-0.25, -0.2) is 4.79 Å². The van der Waals surface area contributed by atoms with Crippen LogP contribution in [0.15, 0.2) is 29.2 Å². The summed E-state index contributed by atoms with van der Waals surface area (Å²) in [4.78, 5) is 14.5. The van der Waals surface area contributed by atoms with Gasteiger partial charge in [-0.15, -0.1) is 11.8 Å². The number of nitrogens with zero attached hydrogens (tertiary/aromatic N) is 1. The summed E-state index contributed by atoms with van der Waals surface area (Å²) in [6, 6.07) is 9.23. The molecule has 20 heavy (non-hydrogen) atoms. The molecular formula is C15H23N3OS. The Balaban J connectivity index is 1.72. The van der Waals surface area contributed by atoms with Crippen LogP contribution in [0.1, 0.15) is 19.4 Å². The largest absolute Gasteiger partial charge is 0.336 e. The molecule has 0 radical (unpaired) electrons. The summed E-state index contributed by atoms with van der Waals surface area (Å²) < 4.78 is 0. The first kappa shape index (κ1) is 15.2. The van der Waals surface area contributed by atoms with Crippen molar-refractivity contribution in [3.63, 3.8) is 0 Å². The van der Waals surface area contributed by atoms with Gasteiger partial charge < -0.3 is 15.5 Å². The average molecular weight is 293 g/mol. The van der Waals surface area contributed by atoms with E-state index in [0.29, 0.717) is 6.04 Å². The van der Waals surface area contributed by atoms with E-state index in [1.807, 2.05) is 4.90 Å². The van der Waals surface area contributed by atoms with Crippen molar-refractivity contribution in [2.45, 2.75) is 31.3 Å². The van der Waals surface area contributed by atoms with Crippen LogP contribution in [-0.4, -0.2) is 42.4 Å². The summed E-state index contributed by atoms with van der Waals surface area (Å²) in [6.45, 7) is 7.64. The highest BCUT2D eigenvalue weighted by atomic mass is 32.2. The third-order valence-corrected chi connectivity index (χ3v) is 4.21. The molecule has 1 saturated heterocycles. The monoisotopic (exact) mass is 293 g/mol. The lowest BCUT2D eigenvalue weighted by Gasteiger charge is -2.13. The molecule has 2 N–H and O–H groups in total. The number of rotatable bonds is 7. The molecule has 0 saturated carbocycles. The van der Waals surface area contributed by atoms with Crippen LogP contribution in [0.2, 0.25) is 0 Å². The molecule has 5 heteroatoms. The molecule has 1 aromatic rings. The highest BCUT2D eigenvalue weighted by Gasteiger charge is 2.18. The Morgan fingerprint density at radius 3 is 2.70 bits per heavy atom. The fourth-order valence-electron chi connectivity index (χ4n) is 2.02. The molecular weight excluding hydrogens is 270 g/mol. The van der Waals surface area contributed by atoms with Gasteiger partial charge in [-0.05, 0) is 17.7 Å². The van der Waals surface area contributed by atoms with Crippen molar-refractivity contribution in [1.82, 2.24) is 15.5 Å². The number of hydrogen-bond acceptors (Lipinski definition) is 3. The van der Waals surface area contributed by atoms with Gasteiger partial charge in [-0.3, -0.25) is 0 Å². The average Bonchev–Trinajstić information content (AvgIpc) is 2.83. The molecule has 1 aromatic carbocycles. The van der Waals surface area contributed by atoms with Gasteiger partial charge in [-0.1, -0.05) is 26.0 Å². The molecule has 0 unspecified atom stereocenters. The van der Waals surface area contributed by atoms with Crippen LogP contribution in [0.5, 0.6) is 0 Å². The smallest absolute Gasteiger partial charge is 0.317 e. The van der Waals surface area contributed by atoms with E-state index in [1.54, 1.807) is 11.8 Å². The standard InChI is InChI=1S/C15H23N3OS/c1-12(2)17-11-13-3-5-14(6-4-13)20-10-9-18-8-7-16-15(18)19/h3-6,12,17H,7-11H2,1-2H3,(H,16,19). The van der Waals surface area contributed by atoms with E-state index in [9.17, 15) is 4.79 Å². The van der Waals surface area contributed by atoms with Gasteiger partial charge in [0.1, 0.15) is 0 Å². The summed E-state index contributed by atoms with van der Waals surface area (Å²) in [6.07, 6.45) is 0. The van der Waals surface area contributed by atoms with Gasteiger partial charge in [0.25, 0.3) is 0 Å². The van der Waals surface area contributed by atoms with Crippen LogP contribution in [0, 0.1) is 0 Å². The van der Waals surface area contributed by atoms with Crippen LogP contribution in [0.25, 0.3) is 0 Å². The van der Waals surface area contributed by atoms with E-state index in [-0.39, 0.29) is 6.03 Å². The predicted molar refractivity (Wildman–Crippen MR) is 84.1 cm³/mol. The molecule has 1 aliphatic rings. The number of urea groups is 1. The minimum absolute atomic E-state index is 0.0701. The van der Waals surface area contributed by atoms with E-state index in [1.165, 1.54) is 10.5 Å². The van der Waals surface area contributed by atoms with Crippen LogP contribution >= 0.6 is 11.8 Å². The summed E-state index contributed by atoms with van der Waals surface area (Å²) in [5.74, 6) is 0.941. The molecule has 2 rings (SSSR count). The molecule has 0 spiro atoms. The minimum atomic E-state index is 0.0701. The number of carbonyl (C=O) groups is 1. The molecule has 0 atom stereocenters. The maximum absolute atomic E-state index is 11.4. The second-order valence-corrected chi connectivity index (χ2v) is 6.42. The zero-order valence-corrected chi connectivity index (χ0v) is 13.0. The number of carbonyl (C=O) groups excluding carboxylic acids is 1. The second-order valence-electron chi connectivity index (χ2n) is 5.25. The maximum Gasteiger partial charge on any atom is 0.317 e. The number of nitrogens with one attached hydrogen (secondary N) is 2. The van der Waals surface area contributed by atoms with E-state index in [2.05, 4.69) is 48.7 Å². The highest BCUT2D eigenvalue weighted by Crippen LogP contribution is 2.18. The molecule has 1 aliphatic heterocycles. The van der Waals surface area contributed by atoms with Crippen molar-refractivity contribution < 1.29 is 4.79 Å². The second kappa shape index (κ2) is 7.55. The first-order valence-electron chi connectivity index (χ1n) is 7.13. The Bertz CT molecular complexity index is 433. The Kier molecular flexibility index (Phi) is 5.73. The van der Waals surface area contributed by atoms with Gasteiger partial charge in [0, 0.05) is 42.9 Å². The van der Waals surface area contributed by atoms with Crippen LogP contribution in [0.3, 0.4) is 0 Å². The Morgan fingerprint density at radius 2 is 2.10 bits per heavy atom. The Morgan fingerprint density at radius 1 is 1.35 bits per heavy atom. The Labute approximate surface area is 125 Å². The topological polar surface area (TPSA) is 44.4 Å². The summed E-state index contributed by atoms with van der Waals surface area (Å²) in [7, 11) is 0. The number of benzene rings is 1. The quantitative estimate of drug-likeness (QED) is 0.758. The van der Waals surface area contributed by atoms with Gasteiger partial charge >= 0.3 is 6.03 Å². The fourth-order valence-corrected chi connectivity index (χ4v) is 2.90. The SMILES string of the molecule is CC(C)NCc1ccc(SCCN2CCNC2=O)cc1. The zero-order valence-electron chi connectivity index (χ0n) is 12.2. The van der Waals surface area contributed by atoms with Crippen LogP contribution < -0.4 is 10.6 Å². The highest BCUT2D eigenvalue weighted by molar-refractivity contribution is 7.99. The van der Waals surface area contributed by atoms with E-state index >= 15 is 0 Å². The van der Waals surface area contributed by atoms with Gasteiger partial charge in [0.2, 0.25) is 0 Å². The van der Waals surface area contributed by atoms with Crippen molar-refractivity contribution in [1.29, 1.82) is 0 Å². The number of hydrogen-bond donors (Lipinski definition) is 2. The first-order chi connectivity index (χ1) is 9.65. The van der Waals surface area contributed by atoms with Crippen LogP contribution in [-0.2, 0) is 6.54 Å². The lowest BCUT2D eigenvalue weighted by molar-refractivity contribution is 0.220. The molecule has 4 nitrogen and oxygen atoms in total. The molecule has 1 heterocycles. The third-order valence-electron chi connectivity index (χ3n) is 3.21. The lowest BCUT2D eigenvalue weighted by Crippen LogP contribution is -2.30. The van der Waals surface area contributed by atoms with Gasteiger partial charge in [-0.2, -0.15) is 0 Å². The molecule has 110 valence electrons. The van der Waals surface area contributed by atoms with E-state index in [0.717, 1.165) is 31.9 Å². The minimum Gasteiger partial charge on any atom is -0.336 e. The molecule has 0 aromatic heterocycles.